The molecule has 0 radical (unpaired) electrons. The Hall–Kier alpha value is -0.170. The van der Waals surface area contributed by atoms with Crippen molar-refractivity contribution in [2.75, 3.05) is 5.32 Å². The fourth-order valence-electron chi connectivity index (χ4n) is 1.85. The van der Waals surface area contributed by atoms with E-state index in [2.05, 4.69) is 22.9 Å². The molecule has 3 N–H and O–H groups in total. The van der Waals surface area contributed by atoms with Gasteiger partial charge in [-0.2, -0.15) is 0 Å². The molecule has 0 unspecified atom stereocenters. The molecule has 0 aromatic heterocycles. The topological polar surface area (TPSA) is 53.2 Å². The van der Waals surface area contributed by atoms with Crippen LogP contribution in [-0.2, 0) is 4.79 Å². The van der Waals surface area contributed by atoms with Crippen LogP contribution in [0.1, 0.15) is 32.6 Å². The Balaban J connectivity index is 2.70. The number of thiocarbonyl (C=S) groups is 1. The molecule has 1 rings (SSSR count). The molecule has 0 saturated carbocycles. The normalized spacial score (nSPS) is 12.4. The molecule has 4 nitrogen and oxygen atoms in total. The fourth-order valence-corrected chi connectivity index (χ4v) is 2.74. The summed E-state index contributed by atoms with van der Waals surface area (Å²) in [6.45, 7) is 2.05. The van der Waals surface area contributed by atoms with E-state index in [0.29, 0.717) is 22.2 Å². The van der Waals surface area contributed by atoms with E-state index < -0.39 is 9.96 Å². The first-order chi connectivity index (χ1) is 11.6. The first kappa shape index (κ1) is 22.9. The number of carbonyl (C=O) groups is 1. The number of benzene rings is 1. The monoisotopic (exact) mass is 463 g/mol. The lowest BCUT2D eigenvalue weighted by molar-refractivity contribution is -0.122. The number of carbonyl (C=O) groups excluding carboxylic acids is 1. The lowest BCUT2D eigenvalue weighted by Crippen LogP contribution is -2.56. The average Bonchev–Trinajstić information content (AvgIpc) is 2.49. The van der Waals surface area contributed by atoms with Crippen LogP contribution in [0.2, 0.25) is 10.0 Å². The molecule has 10 heteroatoms. The number of unbranched alkanes of at least 4 members (excludes halogenated alkanes) is 2. The van der Waals surface area contributed by atoms with Crippen LogP contribution in [0, 0.1) is 0 Å². The van der Waals surface area contributed by atoms with Crippen LogP contribution in [0.4, 0.5) is 5.69 Å². The highest BCUT2D eigenvalue weighted by Gasteiger charge is 2.34. The van der Waals surface area contributed by atoms with E-state index in [0.717, 1.165) is 19.3 Å². The summed E-state index contributed by atoms with van der Waals surface area (Å²) in [4.78, 5) is 12.0. The van der Waals surface area contributed by atoms with Crippen LogP contribution in [0.15, 0.2) is 18.2 Å². The summed E-state index contributed by atoms with van der Waals surface area (Å²) in [5, 5.41) is 9.27. The van der Waals surface area contributed by atoms with Gasteiger partial charge in [0.25, 0.3) is 0 Å². The number of hydrogen-bond donors (Lipinski definition) is 3. The van der Waals surface area contributed by atoms with Crippen molar-refractivity contribution in [3.05, 3.63) is 28.2 Å². The summed E-state index contributed by atoms with van der Waals surface area (Å²) < 4.78 is -1.80. The molecule has 0 saturated heterocycles. The maximum absolute atomic E-state index is 12.0. The summed E-state index contributed by atoms with van der Waals surface area (Å²) in [6.07, 6.45) is 2.05. The van der Waals surface area contributed by atoms with Gasteiger partial charge in [0.05, 0.1) is 10.7 Å². The number of hydrogen-bond acceptors (Lipinski definition) is 2. The van der Waals surface area contributed by atoms with Gasteiger partial charge in [-0.15, -0.1) is 0 Å². The molecule has 0 bridgehead atoms. The van der Waals surface area contributed by atoms with Crippen LogP contribution < -0.4 is 16.0 Å². The second-order valence-electron chi connectivity index (χ2n) is 5.22. The third-order valence-electron chi connectivity index (χ3n) is 3.09. The third kappa shape index (κ3) is 8.85. The summed E-state index contributed by atoms with van der Waals surface area (Å²) in [5.41, 5.74) is 0.490. The van der Waals surface area contributed by atoms with Crippen LogP contribution in [0.5, 0.6) is 0 Å². The number of nitrogens with one attached hydrogen (secondary N) is 3. The van der Waals surface area contributed by atoms with Crippen LogP contribution in [0.25, 0.3) is 0 Å². The van der Waals surface area contributed by atoms with Crippen molar-refractivity contribution in [1.29, 1.82) is 0 Å². The van der Waals surface area contributed by atoms with Gasteiger partial charge in [0.1, 0.15) is 6.17 Å². The molecular weight excluding hydrogens is 448 g/mol. The molecule has 1 aromatic rings. The molecule has 0 heterocycles. The number of rotatable bonds is 7. The zero-order chi connectivity index (χ0) is 19.0. The highest BCUT2D eigenvalue weighted by Crippen LogP contribution is 2.30. The van der Waals surface area contributed by atoms with E-state index in [-0.39, 0.29) is 11.0 Å². The smallest absolute Gasteiger partial charge is 0.228 e. The second-order valence-corrected chi connectivity index (χ2v) is 8.84. The third-order valence-corrected chi connectivity index (χ3v) is 4.53. The van der Waals surface area contributed by atoms with Gasteiger partial charge in [-0.1, -0.05) is 77.8 Å². The maximum Gasteiger partial charge on any atom is 0.228 e. The Bertz CT molecular complexity index is 609. The zero-order valence-electron chi connectivity index (χ0n) is 13.3. The summed E-state index contributed by atoms with van der Waals surface area (Å²) >= 11 is 35.0. The van der Waals surface area contributed by atoms with Crippen molar-refractivity contribution in [3.63, 3.8) is 0 Å². The molecule has 25 heavy (non-hydrogen) atoms. The van der Waals surface area contributed by atoms with E-state index in [1.807, 2.05) is 0 Å². The Morgan fingerprint density at radius 2 is 1.88 bits per heavy atom. The minimum absolute atomic E-state index is 0.120. The minimum atomic E-state index is -1.80. The fraction of sp³-hybridized carbons (Fsp3) is 0.467. The van der Waals surface area contributed by atoms with Gasteiger partial charge in [0.15, 0.2) is 5.11 Å². The summed E-state index contributed by atoms with van der Waals surface area (Å²) in [6, 6.07) is 4.87. The Kier molecular flexibility index (Phi) is 9.93. The quantitative estimate of drug-likeness (QED) is 0.210. The lowest BCUT2D eigenvalue weighted by atomic mass is 10.2. The molecule has 140 valence electrons. The Labute approximate surface area is 177 Å². The lowest BCUT2D eigenvalue weighted by Gasteiger charge is -2.28. The van der Waals surface area contributed by atoms with Gasteiger partial charge < -0.3 is 16.0 Å². The van der Waals surface area contributed by atoms with Gasteiger partial charge in [-0.05, 0) is 36.8 Å². The molecule has 0 fully saturated rings. The number of amides is 1. The van der Waals surface area contributed by atoms with Crippen molar-refractivity contribution in [2.45, 2.75) is 42.6 Å². The molecule has 1 amide bonds. The Morgan fingerprint density at radius 1 is 1.20 bits per heavy atom. The predicted molar refractivity (Wildman–Crippen MR) is 112 cm³/mol. The van der Waals surface area contributed by atoms with E-state index in [4.69, 9.17) is 70.2 Å². The first-order valence-corrected chi connectivity index (χ1v) is 9.82. The van der Waals surface area contributed by atoms with Gasteiger partial charge in [0.2, 0.25) is 9.70 Å². The number of alkyl halides is 3. The van der Waals surface area contributed by atoms with E-state index in [1.165, 1.54) is 0 Å². The molecule has 0 spiro atoms. The summed E-state index contributed by atoms with van der Waals surface area (Å²) in [5.74, 6) is -0.235. The van der Waals surface area contributed by atoms with Crippen LogP contribution >= 0.6 is 70.2 Å². The number of anilines is 1. The minimum Gasteiger partial charge on any atom is -0.339 e. The molecule has 0 aliphatic rings. The van der Waals surface area contributed by atoms with Gasteiger partial charge in [-0.3, -0.25) is 4.79 Å². The van der Waals surface area contributed by atoms with E-state index >= 15 is 0 Å². The SMILES string of the molecule is CCCCCC(=O)N[C@@H](NC(=S)Nc1cc(Cl)ccc1Cl)C(Cl)(Cl)Cl. The largest absolute Gasteiger partial charge is 0.339 e. The van der Waals surface area contributed by atoms with Crippen molar-refractivity contribution in [2.24, 2.45) is 0 Å². The standard InChI is InChI=1S/C15H18Cl5N3OS/c1-2-3-4-5-12(24)22-13(15(18,19)20)23-14(25)21-11-8-9(16)6-7-10(11)17/h6-8,13H,2-5H2,1H3,(H,22,24)(H2,21,23,25)/t13-/m0/s1. The molecule has 1 aromatic carbocycles. The van der Waals surface area contributed by atoms with Crippen LogP contribution in [0.3, 0.4) is 0 Å². The highest BCUT2D eigenvalue weighted by molar-refractivity contribution is 7.80. The van der Waals surface area contributed by atoms with Gasteiger partial charge in [-0.25, -0.2) is 0 Å². The highest BCUT2D eigenvalue weighted by atomic mass is 35.6. The molecule has 1 atom stereocenters. The van der Waals surface area contributed by atoms with Crippen molar-refractivity contribution < 1.29 is 4.79 Å². The van der Waals surface area contributed by atoms with Gasteiger partial charge in [0, 0.05) is 11.4 Å². The Morgan fingerprint density at radius 3 is 2.48 bits per heavy atom. The summed E-state index contributed by atoms with van der Waals surface area (Å²) in [7, 11) is 0. The van der Waals surface area contributed by atoms with Crippen molar-refractivity contribution >= 4 is 86.9 Å². The predicted octanol–water partition coefficient (Wildman–Crippen LogP) is 5.67. The van der Waals surface area contributed by atoms with Crippen LogP contribution in [-0.4, -0.2) is 21.0 Å². The molecule has 0 aliphatic heterocycles. The zero-order valence-corrected chi connectivity index (χ0v) is 17.9. The number of halogens is 5. The molecular formula is C15H18Cl5N3OS. The van der Waals surface area contributed by atoms with E-state index in [1.54, 1.807) is 18.2 Å². The second kappa shape index (κ2) is 10.9. The first-order valence-electron chi connectivity index (χ1n) is 7.52. The van der Waals surface area contributed by atoms with Crippen molar-refractivity contribution in [1.82, 2.24) is 10.6 Å². The maximum atomic E-state index is 12.0. The van der Waals surface area contributed by atoms with E-state index in [9.17, 15) is 4.79 Å². The average molecular weight is 466 g/mol. The molecule has 0 aliphatic carbocycles. The van der Waals surface area contributed by atoms with Crippen molar-refractivity contribution in [3.8, 4) is 0 Å². The van der Waals surface area contributed by atoms with Gasteiger partial charge >= 0.3 is 0 Å².